The maximum atomic E-state index is 4.96. The highest BCUT2D eigenvalue weighted by Crippen LogP contribution is 2.23. The van der Waals surface area contributed by atoms with E-state index in [0.717, 1.165) is 51.2 Å². The summed E-state index contributed by atoms with van der Waals surface area (Å²) in [4.78, 5) is 21.8. The summed E-state index contributed by atoms with van der Waals surface area (Å²) >= 11 is 1.79. The van der Waals surface area contributed by atoms with E-state index in [4.69, 9.17) is 4.99 Å². The van der Waals surface area contributed by atoms with Gasteiger partial charge in [0.25, 0.3) is 0 Å². The Balaban J connectivity index is 0.00000280. The van der Waals surface area contributed by atoms with Crippen molar-refractivity contribution in [1.82, 2.24) is 25.1 Å². The average Bonchev–Trinajstić information content (AvgIpc) is 3.22. The highest BCUT2D eigenvalue weighted by Gasteiger charge is 2.22. The molecular formula is C19H30IN7S. The van der Waals surface area contributed by atoms with Gasteiger partial charge in [-0.3, -0.25) is 4.99 Å². The molecule has 3 heterocycles. The molecule has 0 radical (unpaired) electrons. The predicted octanol–water partition coefficient (Wildman–Crippen LogP) is 2.55. The largest absolute Gasteiger partial charge is 0.357 e. The van der Waals surface area contributed by atoms with E-state index in [0.29, 0.717) is 6.04 Å². The number of anilines is 1. The summed E-state index contributed by atoms with van der Waals surface area (Å²) in [5, 5.41) is 5.59. The van der Waals surface area contributed by atoms with Crippen LogP contribution in [0.15, 0.2) is 41.0 Å². The summed E-state index contributed by atoms with van der Waals surface area (Å²) in [5.41, 5.74) is 0. The Hall–Kier alpha value is -1.46. The molecule has 0 aliphatic carbocycles. The van der Waals surface area contributed by atoms with Gasteiger partial charge in [0.05, 0.1) is 12.6 Å². The van der Waals surface area contributed by atoms with Gasteiger partial charge in [0.15, 0.2) is 5.96 Å². The maximum absolute atomic E-state index is 4.96. The highest BCUT2D eigenvalue weighted by atomic mass is 127. The van der Waals surface area contributed by atoms with Crippen molar-refractivity contribution in [2.45, 2.75) is 13.0 Å². The first-order chi connectivity index (χ1) is 13.2. The van der Waals surface area contributed by atoms with Gasteiger partial charge in [0.1, 0.15) is 0 Å². The van der Waals surface area contributed by atoms with Gasteiger partial charge in [-0.1, -0.05) is 6.07 Å². The lowest BCUT2D eigenvalue weighted by atomic mass is 10.2. The molecule has 28 heavy (non-hydrogen) atoms. The van der Waals surface area contributed by atoms with Crippen LogP contribution in [0.1, 0.15) is 17.8 Å². The van der Waals surface area contributed by atoms with Crippen LogP contribution in [-0.4, -0.2) is 79.1 Å². The Labute approximate surface area is 188 Å². The fourth-order valence-corrected chi connectivity index (χ4v) is 4.07. The van der Waals surface area contributed by atoms with Crippen LogP contribution in [0.25, 0.3) is 0 Å². The molecule has 1 atom stereocenters. The second kappa shape index (κ2) is 11.5. The van der Waals surface area contributed by atoms with E-state index in [-0.39, 0.29) is 24.0 Å². The molecule has 3 rings (SSSR count). The fraction of sp³-hybridized carbons (Fsp3) is 0.526. The Morgan fingerprint density at radius 3 is 2.50 bits per heavy atom. The first kappa shape index (κ1) is 22.8. The van der Waals surface area contributed by atoms with Crippen molar-refractivity contribution in [3.63, 3.8) is 0 Å². The number of nitrogens with zero attached hydrogens (tertiary/aromatic N) is 6. The summed E-state index contributed by atoms with van der Waals surface area (Å²) in [7, 11) is 4.23. The van der Waals surface area contributed by atoms with Crippen LogP contribution in [0.3, 0.4) is 0 Å². The number of likely N-dealkylation sites (N-methyl/N-ethyl adjacent to an activating group) is 1. The van der Waals surface area contributed by atoms with Crippen molar-refractivity contribution >= 4 is 47.2 Å². The highest BCUT2D eigenvalue weighted by molar-refractivity contribution is 14.0. The first-order valence-corrected chi connectivity index (χ1v) is 10.3. The summed E-state index contributed by atoms with van der Waals surface area (Å²) < 4.78 is 0. The van der Waals surface area contributed by atoms with Crippen LogP contribution in [0.5, 0.6) is 0 Å². The van der Waals surface area contributed by atoms with Crippen LogP contribution >= 0.6 is 35.3 Å². The van der Waals surface area contributed by atoms with Crippen molar-refractivity contribution < 1.29 is 0 Å². The van der Waals surface area contributed by atoms with Crippen LogP contribution in [0.4, 0.5) is 5.95 Å². The van der Waals surface area contributed by atoms with Crippen molar-refractivity contribution in [2.24, 2.45) is 4.99 Å². The average molecular weight is 515 g/mol. The summed E-state index contributed by atoms with van der Waals surface area (Å²) in [6.07, 6.45) is 3.60. The molecule has 154 valence electrons. The van der Waals surface area contributed by atoms with Gasteiger partial charge in [-0.2, -0.15) is 0 Å². The minimum absolute atomic E-state index is 0. The molecule has 0 aromatic carbocycles. The van der Waals surface area contributed by atoms with Crippen molar-refractivity contribution in [2.75, 3.05) is 58.3 Å². The standard InChI is InChI=1S/C19H29N7S.HI/c1-4-20-18(23-15-16(24(2)3)17-7-5-14-27-17)25-10-12-26(13-11-25)19-21-8-6-9-22-19;/h5-9,14,16H,4,10-13,15H2,1-3H3,(H,20,23);1H. The lowest BCUT2D eigenvalue weighted by Gasteiger charge is -2.36. The number of halogens is 1. The van der Waals surface area contributed by atoms with Crippen molar-refractivity contribution in [3.05, 3.63) is 40.8 Å². The minimum atomic E-state index is 0. The monoisotopic (exact) mass is 515 g/mol. The quantitative estimate of drug-likeness (QED) is 0.363. The molecule has 0 bridgehead atoms. The number of nitrogens with one attached hydrogen (secondary N) is 1. The maximum Gasteiger partial charge on any atom is 0.225 e. The summed E-state index contributed by atoms with van der Waals surface area (Å²) in [5.74, 6) is 1.80. The summed E-state index contributed by atoms with van der Waals surface area (Å²) in [6.45, 7) is 7.36. The van der Waals surface area contributed by atoms with Crippen molar-refractivity contribution in [1.29, 1.82) is 0 Å². The number of guanidine groups is 1. The molecule has 1 unspecified atom stereocenters. The molecule has 1 N–H and O–H groups in total. The second-order valence-electron chi connectivity index (χ2n) is 6.71. The number of piperazine rings is 1. The Morgan fingerprint density at radius 1 is 1.21 bits per heavy atom. The topological polar surface area (TPSA) is 59.9 Å². The van der Waals surface area contributed by atoms with Gasteiger partial charge < -0.3 is 20.0 Å². The molecule has 2 aromatic heterocycles. The molecule has 1 aliphatic rings. The predicted molar refractivity (Wildman–Crippen MR) is 128 cm³/mol. The minimum Gasteiger partial charge on any atom is -0.357 e. The van der Waals surface area contributed by atoms with Gasteiger partial charge in [-0.05, 0) is 38.5 Å². The normalized spacial score (nSPS) is 16.1. The van der Waals surface area contributed by atoms with E-state index < -0.39 is 0 Å². The Kier molecular flexibility index (Phi) is 9.39. The van der Waals surface area contributed by atoms with Gasteiger partial charge in [0, 0.05) is 50.0 Å². The smallest absolute Gasteiger partial charge is 0.225 e. The number of rotatable bonds is 6. The molecule has 0 amide bonds. The zero-order valence-corrected chi connectivity index (χ0v) is 19.9. The molecule has 2 aromatic rings. The third-order valence-corrected chi connectivity index (χ3v) is 5.63. The first-order valence-electron chi connectivity index (χ1n) is 9.44. The number of hydrogen-bond donors (Lipinski definition) is 1. The molecule has 0 saturated carbocycles. The molecule has 1 fully saturated rings. The number of aliphatic imine (C=N–C) groups is 1. The second-order valence-corrected chi connectivity index (χ2v) is 7.69. The third kappa shape index (κ3) is 6.02. The van der Waals surface area contributed by atoms with Crippen LogP contribution in [0.2, 0.25) is 0 Å². The van der Waals surface area contributed by atoms with Crippen LogP contribution < -0.4 is 10.2 Å². The molecule has 1 aliphatic heterocycles. The third-order valence-electron chi connectivity index (χ3n) is 4.66. The Morgan fingerprint density at radius 2 is 1.93 bits per heavy atom. The molecule has 1 saturated heterocycles. The van der Waals surface area contributed by atoms with E-state index >= 15 is 0 Å². The number of hydrogen-bond acceptors (Lipinski definition) is 6. The van der Waals surface area contributed by atoms with Gasteiger partial charge >= 0.3 is 0 Å². The van der Waals surface area contributed by atoms with Crippen LogP contribution in [0, 0.1) is 0 Å². The Bertz CT molecular complexity index is 700. The van der Waals surface area contributed by atoms with Gasteiger partial charge in [0.2, 0.25) is 5.95 Å². The SMILES string of the molecule is CCNC(=NCC(c1cccs1)N(C)C)N1CCN(c2ncccn2)CC1.I. The van der Waals surface area contributed by atoms with E-state index in [9.17, 15) is 0 Å². The molecule has 0 spiro atoms. The van der Waals surface area contributed by atoms with E-state index in [1.165, 1.54) is 4.88 Å². The van der Waals surface area contributed by atoms with Gasteiger partial charge in [-0.15, -0.1) is 35.3 Å². The molecule has 9 heteroatoms. The van der Waals surface area contributed by atoms with E-state index in [1.807, 2.05) is 6.07 Å². The van der Waals surface area contributed by atoms with Crippen molar-refractivity contribution in [3.8, 4) is 0 Å². The van der Waals surface area contributed by atoms with E-state index in [2.05, 4.69) is 68.5 Å². The number of thiophene rings is 1. The molecular weight excluding hydrogens is 485 g/mol. The summed E-state index contributed by atoms with van der Waals surface area (Å²) in [6, 6.07) is 6.45. The number of aromatic nitrogens is 2. The zero-order chi connectivity index (χ0) is 19.1. The van der Waals surface area contributed by atoms with Crippen LogP contribution in [-0.2, 0) is 0 Å². The lowest BCUT2D eigenvalue weighted by molar-refractivity contribution is 0.307. The van der Waals surface area contributed by atoms with E-state index in [1.54, 1.807) is 23.7 Å². The zero-order valence-electron chi connectivity index (χ0n) is 16.8. The fourth-order valence-electron chi connectivity index (χ4n) is 3.16. The van der Waals surface area contributed by atoms with Gasteiger partial charge in [-0.25, -0.2) is 9.97 Å². The lowest BCUT2D eigenvalue weighted by Crippen LogP contribution is -2.53. The molecule has 7 nitrogen and oxygen atoms in total.